The second-order valence-electron chi connectivity index (χ2n) is 6.97. The summed E-state index contributed by atoms with van der Waals surface area (Å²) in [7, 11) is 4.01. The van der Waals surface area contributed by atoms with Crippen LogP contribution < -0.4 is 4.74 Å². The van der Waals surface area contributed by atoms with Gasteiger partial charge in [-0.3, -0.25) is 4.79 Å². The molecule has 2 aromatic carbocycles. The zero-order chi connectivity index (χ0) is 20.4. The lowest BCUT2D eigenvalue weighted by molar-refractivity contribution is -0.131. The highest BCUT2D eigenvalue weighted by atomic mass is 16.5. The third kappa shape index (κ3) is 6.71. The van der Waals surface area contributed by atoms with Crippen molar-refractivity contribution in [1.82, 2.24) is 9.80 Å². The number of likely N-dealkylation sites (N-methyl/N-ethyl adjacent to an activating group) is 1. The van der Waals surface area contributed by atoms with Crippen molar-refractivity contribution in [3.8, 4) is 11.8 Å². The summed E-state index contributed by atoms with van der Waals surface area (Å²) < 4.78 is 5.67. The number of nitriles is 1. The molecule has 0 saturated carbocycles. The van der Waals surface area contributed by atoms with E-state index in [1.54, 1.807) is 12.1 Å². The summed E-state index contributed by atoms with van der Waals surface area (Å²) in [6, 6.07) is 17.4. The van der Waals surface area contributed by atoms with Crippen LogP contribution >= 0.6 is 0 Å². The fourth-order valence-corrected chi connectivity index (χ4v) is 2.92. The van der Waals surface area contributed by atoms with Crippen LogP contribution in [0, 0.1) is 11.3 Å². The Bertz CT molecular complexity index is 794. The Morgan fingerprint density at radius 3 is 2.43 bits per heavy atom. The molecule has 0 aliphatic carbocycles. The van der Waals surface area contributed by atoms with Crippen LogP contribution in [0.15, 0.2) is 48.5 Å². The summed E-state index contributed by atoms with van der Waals surface area (Å²) in [6.45, 7) is 4.59. The zero-order valence-electron chi connectivity index (χ0n) is 17.0. The second kappa shape index (κ2) is 11.1. The number of rotatable bonds is 10. The first kappa shape index (κ1) is 21.5. The standard InChI is InChI=1S/C23H29N3O2/c1-4-28-22-8-6-5-7-21(22)13-14-23(27)26(16-15-25(2)3)18-20-11-9-19(17-24)10-12-20/h5-12H,4,13-16,18H2,1-3H3. The van der Waals surface area contributed by atoms with Crippen LogP contribution in [0.5, 0.6) is 5.75 Å². The molecule has 0 aliphatic heterocycles. The molecule has 0 aromatic heterocycles. The Kier molecular flexibility index (Phi) is 8.51. The molecule has 0 bridgehead atoms. The normalized spacial score (nSPS) is 10.5. The zero-order valence-corrected chi connectivity index (χ0v) is 17.0. The van der Waals surface area contributed by atoms with E-state index in [0.29, 0.717) is 38.1 Å². The minimum atomic E-state index is 0.123. The van der Waals surface area contributed by atoms with Crippen molar-refractivity contribution in [1.29, 1.82) is 5.26 Å². The van der Waals surface area contributed by atoms with Crippen molar-refractivity contribution in [2.45, 2.75) is 26.3 Å². The summed E-state index contributed by atoms with van der Waals surface area (Å²) in [5.74, 6) is 0.974. The molecule has 2 aromatic rings. The largest absolute Gasteiger partial charge is 0.494 e. The lowest BCUT2D eigenvalue weighted by Crippen LogP contribution is -2.36. The van der Waals surface area contributed by atoms with Gasteiger partial charge in [-0.05, 0) is 56.8 Å². The van der Waals surface area contributed by atoms with E-state index in [2.05, 4.69) is 11.0 Å². The molecule has 0 heterocycles. The molecule has 2 rings (SSSR count). The summed E-state index contributed by atoms with van der Waals surface area (Å²) in [4.78, 5) is 16.9. The Balaban J connectivity index is 2.05. The van der Waals surface area contributed by atoms with Crippen LogP contribution in [0.25, 0.3) is 0 Å². The molecule has 0 spiro atoms. The Hall–Kier alpha value is -2.84. The van der Waals surface area contributed by atoms with Crippen molar-refractivity contribution < 1.29 is 9.53 Å². The smallest absolute Gasteiger partial charge is 0.223 e. The molecule has 0 fully saturated rings. The van der Waals surface area contributed by atoms with Gasteiger partial charge in [-0.15, -0.1) is 0 Å². The molecule has 0 atom stereocenters. The van der Waals surface area contributed by atoms with E-state index in [1.165, 1.54) is 0 Å². The fourth-order valence-electron chi connectivity index (χ4n) is 2.92. The average Bonchev–Trinajstić information content (AvgIpc) is 2.70. The predicted octanol–water partition coefficient (Wildman–Crippen LogP) is 3.48. The number of para-hydroxylation sites is 1. The van der Waals surface area contributed by atoms with Crippen LogP contribution in [-0.2, 0) is 17.8 Å². The molecule has 0 aliphatic rings. The number of benzene rings is 2. The molecule has 0 radical (unpaired) electrons. The molecule has 148 valence electrons. The summed E-state index contributed by atoms with van der Waals surface area (Å²) in [5, 5.41) is 8.95. The van der Waals surface area contributed by atoms with E-state index in [0.717, 1.165) is 23.4 Å². The highest BCUT2D eigenvalue weighted by Crippen LogP contribution is 2.20. The quantitative estimate of drug-likeness (QED) is 0.634. The number of hydrogen-bond acceptors (Lipinski definition) is 4. The third-order valence-electron chi connectivity index (χ3n) is 4.51. The molecule has 5 heteroatoms. The van der Waals surface area contributed by atoms with Crippen molar-refractivity contribution in [2.75, 3.05) is 33.8 Å². The van der Waals surface area contributed by atoms with Crippen molar-refractivity contribution in [3.63, 3.8) is 0 Å². The van der Waals surface area contributed by atoms with Gasteiger partial charge in [0.25, 0.3) is 0 Å². The van der Waals surface area contributed by atoms with E-state index >= 15 is 0 Å². The molecule has 28 heavy (non-hydrogen) atoms. The number of carbonyl (C=O) groups is 1. The van der Waals surface area contributed by atoms with Crippen LogP contribution in [0.4, 0.5) is 0 Å². The maximum Gasteiger partial charge on any atom is 0.223 e. The third-order valence-corrected chi connectivity index (χ3v) is 4.51. The number of nitrogens with zero attached hydrogens (tertiary/aromatic N) is 3. The first-order chi connectivity index (χ1) is 13.5. The number of hydrogen-bond donors (Lipinski definition) is 0. The predicted molar refractivity (Wildman–Crippen MR) is 111 cm³/mol. The van der Waals surface area contributed by atoms with Gasteiger partial charge in [0, 0.05) is 26.1 Å². The summed E-state index contributed by atoms with van der Waals surface area (Å²) in [5.41, 5.74) is 2.71. The van der Waals surface area contributed by atoms with E-state index in [9.17, 15) is 4.79 Å². The minimum absolute atomic E-state index is 0.123. The molecule has 0 saturated heterocycles. The van der Waals surface area contributed by atoms with Crippen molar-refractivity contribution in [3.05, 3.63) is 65.2 Å². The Morgan fingerprint density at radius 1 is 1.07 bits per heavy atom. The SMILES string of the molecule is CCOc1ccccc1CCC(=O)N(CCN(C)C)Cc1ccc(C#N)cc1. The fraction of sp³-hybridized carbons (Fsp3) is 0.391. The minimum Gasteiger partial charge on any atom is -0.494 e. The van der Waals surface area contributed by atoms with E-state index in [1.807, 2.05) is 62.3 Å². The molecule has 0 N–H and O–H groups in total. The number of ether oxygens (including phenoxy) is 1. The monoisotopic (exact) mass is 379 g/mol. The van der Waals surface area contributed by atoms with Crippen LogP contribution in [0.3, 0.4) is 0 Å². The highest BCUT2D eigenvalue weighted by Gasteiger charge is 2.15. The van der Waals surface area contributed by atoms with E-state index < -0.39 is 0 Å². The average molecular weight is 380 g/mol. The first-order valence-corrected chi connectivity index (χ1v) is 9.65. The van der Waals surface area contributed by atoms with E-state index in [-0.39, 0.29) is 5.91 Å². The number of aryl methyl sites for hydroxylation is 1. The van der Waals surface area contributed by atoms with Gasteiger partial charge >= 0.3 is 0 Å². The van der Waals surface area contributed by atoms with Gasteiger partial charge in [0.15, 0.2) is 0 Å². The van der Waals surface area contributed by atoms with Gasteiger partial charge in [-0.1, -0.05) is 30.3 Å². The van der Waals surface area contributed by atoms with Gasteiger partial charge < -0.3 is 14.5 Å². The molecule has 5 nitrogen and oxygen atoms in total. The lowest BCUT2D eigenvalue weighted by atomic mass is 10.1. The number of amides is 1. The Morgan fingerprint density at radius 2 is 1.79 bits per heavy atom. The second-order valence-corrected chi connectivity index (χ2v) is 6.97. The van der Waals surface area contributed by atoms with Gasteiger partial charge in [0.05, 0.1) is 18.2 Å². The van der Waals surface area contributed by atoms with Gasteiger partial charge in [-0.25, -0.2) is 0 Å². The lowest BCUT2D eigenvalue weighted by Gasteiger charge is -2.25. The molecular weight excluding hydrogens is 350 g/mol. The maximum absolute atomic E-state index is 12.9. The highest BCUT2D eigenvalue weighted by molar-refractivity contribution is 5.76. The number of carbonyl (C=O) groups excluding carboxylic acids is 1. The van der Waals surface area contributed by atoms with Gasteiger partial charge in [-0.2, -0.15) is 5.26 Å². The Labute approximate surface area is 168 Å². The molecule has 0 unspecified atom stereocenters. The molecular formula is C23H29N3O2. The van der Waals surface area contributed by atoms with Crippen LogP contribution in [-0.4, -0.2) is 49.5 Å². The van der Waals surface area contributed by atoms with Crippen LogP contribution in [0.1, 0.15) is 30.0 Å². The topological polar surface area (TPSA) is 56.6 Å². The van der Waals surface area contributed by atoms with Crippen LogP contribution in [0.2, 0.25) is 0 Å². The molecule has 1 amide bonds. The van der Waals surface area contributed by atoms with Crippen molar-refractivity contribution in [2.24, 2.45) is 0 Å². The summed E-state index contributed by atoms with van der Waals surface area (Å²) >= 11 is 0. The van der Waals surface area contributed by atoms with Gasteiger partial charge in [0.2, 0.25) is 5.91 Å². The summed E-state index contributed by atoms with van der Waals surface area (Å²) in [6.07, 6.45) is 1.09. The first-order valence-electron chi connectivity index (χ1n) is 9.65. The van der Waals surface area contributed by atoms with E-state index in [4.69, 9.17) is 10.00 Å². The maximum atomic E-state index is 12.9. The van der Waals surface area contributed by atoms with Gasteiger partial charge in [0.1, 0.15) is 5.75 Å². The van der Waals surface area contributed by atoms with Crippen molar-refractivity contribution >= 4 is 5.91 Å².